The minimum Gasteiger partial charge on any atom is -0.481 e. The molecule has 23 heavy (non-hydrogen) atoms. The standard InChI is InChI=1S/C18H19NO4/c20-15(12-17(22)23)11-16(21)19-18(13-7-3-1-4-8-13)14-9-5-2-6-10-14/h1-10,15,18,20H,11-12H2,(H,19,21)(H,22,23). The van der Waals surface area contributed by atoms with Crippen LogP contribution in [-0.2, 0) is 9.59 Å². The van der Waals surface area contributed by atoms with Crippen molar-refractivity contribution in [3.05, 3.63) is 71.8 Å². The molecule has 2 aromatic rings. The number of nitrogens with one attached hydrogen (secondary N) is 1. The molecule has 0 aliphatic heterocycles. The molecule has 0 bridgehead atoms. The van der Waals surface area contributed by atoms with Crippen molar-refractivity contribution in [3.63, 3.8) is 0 Å². The number of aliphatic carboxylic acids is 1. The zero-order chi connectivity index (χ0) is 16.7. The van der Waals surface area contributed by atoms with Gasteiger partial charge in [0.25, 0.3) is 0 Å². The maximum Gasteiger partial charge on any atom is 0.305 e. The number of carbonyl (C=O) groups is 2. The molecule has 3 N–H and O–H groups in total. The van der Waals surface area contributed by atoms with Crippen molar-refractivity contribution in [2.45, 2.75) is 25.0 Å². The smallest absolute Gasteiger partial charge is 0.305 e. The second-order valence-electron chi connectivity index (χ2n) is 5.28. The Morgan fingerprint density at radius 3 is 1.78 bits per heavy atom. The highest BCUT2D eigenvalue weighted by Gasteiger charge is 2.19. The topological polar surface area (TPSA) is 86.6 Å². The molecule has 0 fully saturated rings. The van der Waals surface area contributed by atoms with Crippen molar-refractivity contribution in [3.8, 4) is 0 Å². The Balaban J connectivity index is 2.13. The van der Waals surface area contributed by atoms with E-state index in [1.807, 2.05) is 60.7 Å². The molecule has 2 aromatic carbocycles. The lowest BCUT2D eigenvalue weighted by Gasteiger charge is -2.20. The highest BCUT2D eigenvalue weighted by molar-refractivity contribution is 5.78. The van der Waals surface area contributed by atoms with E-state index < -0.39 is 24.4 Å². The summed E-state index contributed by atoms with van der Waals surface area (Å²) in [4.78, 5) is 22.7. The molecule has 0 heterocycles. The second kappa shape index (κ2) is 8.10. The zero-order valence-corrected chi connectivity index (χ0v) is 12.6. The fraction of sp³-hybridized carbons (Fsp3) is 0.222. The first-order chi connectivity index (χ1) is 11.1. The van der Waals surface area contributed by atoms with Gasteiger partial charge in [-0.3, -0.25) is 9.59 Å². The fourth-order valence-electron chi connectivity index (χ4n) is 2.36. The maximum atomic E-state index is 12.1. The van der Waals surface area contributed by atoms with Crippen LogP contribution in [0.3, 0.4) is 0 Å². The van der Waals surface area contributed by atoms with Gasteiger partial charge in [-0.2, -0.15) is 0 Å². The van der Waals surface area contributed by atoms with E-state index in [2.05, 4.69) is 5.32 Å². The Hall–Kier alpha value is -2.66. The molecule has 0 aromatic heterocycles. The van der Waals surface area contributed by atoms with E-state index in [-0.39, 0.29) is 12.5 Å². The van der Waals surface area contributed by atoms with Crippen molar-refractivity contribution in [1.82, 2.24) is 5.32 Å². The molecule has 1 atom stereocenters. The largest absolute Gasteiger partial charge is 0.481 e. The second-order valence-corrected chi connectivity index (χ2v) is 5.28. The predicted molar refractivity (Wildman–Crippen MR) is 85.7 cm³/mol. The number of carbonyl (C=O) groups excluding carboxylic acids is 1. The summed E-state index contributed by atoms with van der Waals surface area (Å²) in [6, 6.07) is 18.6. The minimum absolute atomic E-state index is 0.248. The van der Waals surface area contributed by atoms with Crippen LogP contribution in [0.5, 0.6) is 0 Å². The molecule has 5 nitrogen and oxygen atoms in total. The molecule has 1 amide bonds. The molecule has 0 saturated carbocycles. The maximum absolute atomic E-state index is 12.1. The quantitative estimate of drug-likeness (QED) is 0.731. The van der Waals surface area contributed by atoms with Gasteiger partial charge in [-0.25, -0.2) is 0 Å². The summed E-state index contributed by atoms with van der Waals surface area (Å²) < 4.78 is 0. The summed E-state index contributed by atoms with van der Waals surface area (Å²) in [6.45, 7) is 0. The third-order valence-corrected chi connectivity index (χ3v) is 3.40. The lowest BCUT2D eigenvalue weighted by molar-refractivity contribution is -0.139. The van der Waals surface area contributed by atoms with Crippen LogP contribution in [0.25, 0.3) is 0 Å². The van der Waals surface area contributed by atoms with Crippen LogP contribution in [-0.4, -0.2) is 28.2 Å². The van der Waals surface area contributed by atoms with Crippen molar-refractivity contribution in [1.29, 1.82) is 0 Å². The van der Waals surface area contributed by atoms with Crippen molar-refractivity contribution in [2.24, 2.45) is 0 Å². The number of rotatable bonds is 7. The van der Waals surface area contributed by atoms with Gasteiger partial charge in [-0.1, -0.05) is 60.7 Å². The molecule has 0 aliphatic carbocycles. The highest BCUT2D eigenvalue weighted by Crippen LogP contribution is 2.22. The summed E-state index contributed by atoms with van der Waals surface area (Å²) in [7, 11) is 0. The Morgan fingerprint density at radius 2 is 1.35 bits per heavy atom. The van der Waals surface area contributed by atoms with Gasteiger partial charge in [-0.05, 0) is 11.1 Å². The molecule has 120 valence electrons. The van der Waals surface area contributed by atoms with E-state index in [9.17, 15) is 14.7 Å². The molecule has 0 spiro atoms. The monoisotopic (exact) mass is 313 g/mol. The average Bonchev–Trinajstić information content (AvgIpc) is 2.53. The fourth-order valence-corrected chi connectivity index (χ4v) is 2.36. The lowest BCUT2D eigenvalue weighted by atomic mass is 9.98. The Morgan fingerprint density at radius 1 is 0.870 bits per heavy atom. The molecule has 0 saturated heterocycles. The van der Waals surface area contributed by atoms with Crippen LogP contribution in [0.1, 0.15) is 30.0 Å². The predicted octanol–water partition coefficient (Wildman–Crippen LogP) is 2.12. The van der Waals surface area contributed by atoms with E-state index in [1.165, 1.54) is 0 Å². The first-order valence-corrected chi connectivity index (χ1v) is 7.35. The molecular formula is C18H19NO4. The van der Waals surface area contributed by atoms with Crippen molar-refractivity contribution >= 4 is 11.9 Å². The minimum atomic E-state index is -1.19. The number of carboxylic acid groups (broad SMARTS) is 1. The van der Waals surface area contributed by atoms with Crippen LogP contribution in [0.15, 0.2) is 60.7 Å². The van der Waals surface area contributed by atoms with Crippen LogP contribution in [0.2, 0.25) is 0 Å². The van der Waals surface area contributed by atoms with Gasteiger partial charge in [0.2, 0.25) is 5.91 Å². The van der Waals surface area contributed by atoms with Gasteiger partial charge in [0.1, 0.15) is 0 Å². The molecule has 5 heteroatoms. The number of amides is 1. The zero-order valence-electron chi connectivity index (χ0n) is 12.6. The Bertz CT molecular complexity index is 603. The lowest BCUT2D eigenvalue weighted by Crippen LogP contribution is -2.32. The van der Waals surface area contributed by atoms with Crippen LogP contribution in [0, 0.1) is 0 Å². The van der Waals surface area contributed by atoms with Gasteiger partial charge < -0.3 is 15.5 Å². The summed E-state index contributed by atoms with van der Waals surface area (Å²) >= 11 is 0. The summed E-state index contributed by atoms with van der Waals surface area (Å²) in [5, 5.41) is 21.1. The molecule has 0 aliphatic rings. The molecule has 1 unspecified atom stereocenters. The third-order valence-electron chi connectivity index (χ3n) is 3.40. The first kappa shape index (κ1) is 16.7. The summed E-state index contributed by atoms with van der Waals surface area (Å²) in [5.74, 6) is -1.52. The third kappa shape index (κ3) is 5.23. The number of benzene rings is 2. The SMILES string of the molecule is O=C(O)CC(O)CC(=O)NC(c1ccccc1)c1ccccc1. The number of hydrogen-bond acceptors (Lipinski definition) is 3. The van der Waals surface area contributed by atoms with Crippen LogP contribution < -0.4 is 5.32 Å². The van der Waals surface area contributed by atoms with Crippen LogP contribution >= 0.6 is 0 Å². The Labute approximate surface area is 134 Å². The van der Waals surface area contributed by atoms with Crippen molar-refractivity contribution in [2.75, 3.05) is 0 Å². The number of aliphatic hydroxyl groups is 1. The number of carboxylic acids is 1. The summed E-state index contributed by atoms with van der Waals surface area (Å²) in [5.41, 5.74) is 1.83. The number of hydrogen-bond donors (Lipinski definition) is 3. The average molecular weight is 313 g/mol. The first-order valence-electron chi connectivity index (χ1n) is 7.35. The molecular weight excluding hydrogens is 294 g/mol. The van der Waals surface area contributed by atoms with E-state index in [0.29, 0.717) is 0 Å². The Kier molecular flexibility index (Phi) is 5.88. The van der Waals surface area contributed by atoms with E-state index in [0.717, 1.165) is 11.1 Å². The van der Waals surface area contributed by atoms with Crippen LogP contribution in [0.4, 0.5) is 0 Å². The van der Waals surface area contributed by atoms with Gasteiger partial charge in [0.05, 0.1) is 25.0 Å². The van der Waals surface area contributed by atoms with Gasteiger partial charge in [0.15, 0.2) is 0 Å². The highest BCUT2D eigenvalue weighted by atomic mass is 16.4. The van der Waals surface area contributed by atoms with Gasteiger partial charge >= 0.3 is 5.97 Å². The van der Waals surface area contributed by atoms with Crippen molar-refractivity contribution < 1.29 is 19.8 Å². The van der Waals surface area contributed by atoms with Gasteiger partial charge in [0, 0.05) is 0 Å². The van der Waals surface area contributed by atoms with E-state index >= 15 is 0 Å². The molecule has 0 radical (unpaired) electrons. The number of aliphatic hydroxyl groups excluding tert-OH is 1. The summed E-state index contributed by atoms with van der Waals surface area (Å²) in [6.07, 6.45) is -1.89. The van der Waals surface area contributed by atoms with Gasteiger partial charge in [-0.15, -0.1) is 0 Å². The molecule has 2 rings (SSSR count). The van der Waals surface area contributed by atoms with E-state index in [4.69, 9.17) is 5.11 Å². The normalized spacial score (nSPS) is 11.9. The van der Waals surface area contributed by atoms with E-state index in [1.54, 1.807) is 0 Å².